The fraction of sp³-hybridized carbons (Fsp3) is 0.750. The molecular weight excluding hydrogens is 250 g/mol. The number of nitrogens with two attached hydrogens (primary N) is 1. The highest BCUT2D eigenvalue weighted by Gasteiger charge is 2.20. The standard InChI is InChI=1S/C12H23N3O4/c1-7(2)4-9(11(17)18)6-14-12(19)15-8(3)5-10(13)16/h7-9H,4-6H2,1-3H3,(H2,13,16)(H,17,18)(H2,14,15,19). The molecule has 0 fully saturated rings. The van der Waals surface area contributed by atoms with E-state index in [1.54, 1.807) is 6.92 Å². The molecule has 0 aromatic carbocycles. The molecule has 5 N–H and O–H groups in total. The van der Waals surface area contributed by atoms with E-state index in [2.05, 4.69) is 10.6 Å². The van der Waals surface area contributed by atoms with Crippen molar-refractivity contribution in [2.75, 3.05) is 6.54 Å². The van der Waals surface area contributed by atoms with Crippen LogP contribution < -0.4 is 16.4 Å². The van der Waals surface area contributed by atoms with Gasteiger partial charge in [0.2, 0.25) is 5.91 Å². The topological polar surface area (TPSA) is 122 Å². The van der Waals surface area contributed by atoms with Gasteiger partial charge in [-0.15, -0.1) is 0 Å². The average molecular weight is 273 g/mol. The Hall–Kier alpha value is -1.79. The first-order valence-electron chi connectivity index (χ1n) is 6.27. The predicted octanol–water partition coefficient (Wildman–Crippen LogP) is 0.296. The molecule has 3 amide bonds. The van der Waals surface area contributed by atoms with Crippen LogP contribution in [0.5, 0.6) is 0 Å². The minimum absolute atomic E-state index is 0.0434. The van der Waals surface area contributed by atoms with Gasteiger partial charge in [0.1, 0.15) is 0 Å². The third-order valence-corrected chi connectivity index (χ3v) is 2.50. The lowest BCUT2D eigenvalue weighted by atomic mass is 9.97. The van der Waals surface area contributed by atoms with E-state index in [4.69, 9.17) is 10.8 Å². The Balaban J connectivity index is 4.11. The van der Waals surface area contributed by atoms with Crippen LogP contribution in [0.2, 0.25) is 0 Å². The summed E-state index contributed by atoms with van der Waals surface area (Å²) < 4.78 is 0. The molecule has 0 bridgehead atoms. The molecular formula is C12H23N3O4. The van der Waals surface area contributed by atoms with Crippen molar-refractivity contribution >= 4 is 17.9 Å². The van der Waals surface area contributed by atoms with E-state index in [0.29, 0.717) is 6.42 Å². The van der Waals surface area contributed by atoms with Crippen molar-refractivity contribution in [2.24, 2.45) is 17.6 Å². The molecule has 0 aliphatic carbocycles. The Bertz CT molecular complexity index is 331. The summed E-state index contributed by atoms with van der Waals surface area (Å²) in [6, 6.07) is -0.880. The first-order chi connectivity index (χ1) is 8.72. The van der Waals surface area contributed by atoms with Crippen molar-refractivity contribution in [3.8, 4) is 0 Å². The predicted molar refractivity (Wildman–Crippen MR) is 70.4 cm³/mol. The molecule has 0 aromatic rings. The largest absolute Gasteiger partial charge is 0.481 e. The van der Waals surface area contributed by atoms with Crippen LogP contribution in [0.1, 0.15) is 33.6 Å². The lowest BCUT2D eigenvalue weighted by Crippen LogP contribution is -2.44. The van der Waals surface area contributed by atoms with Crippen LogP contribution in [0.25, 0.3) is 0 Å². The van der Waals surface area contributed by atoms with Crippen molar-refractivity contribution in [2.45, 2.75) is 39.7 Å². The lowest BCUT2D eigenvalue weighted by molar-refractivity contribution is -0.142. The van der Waals surface area contributed by atoms with Gasteiger partial charge >= 0.3 is 12.0 Å². The highest BCUT2D eigenvalue weighted by molar-refractivity contribution is 5.78. The van der Waals surface area contributed by atoms with E-state index in [0.717, 1.165) is 0 Å². The summed E-state index contributed by atoms with van der Waals surface area (Å²) in [7, 11) is 0. The minimum Gasteiger partial charge on any atom is -0.481 e. The van der Waals surface area contributed by atoms with Crippen LogP contribution in [0.4, 0.5) is 4.79 Å². The van der Waals surface area contributed by atoms with E-state index < -0.39 is 23.8 Å². The molecule has 0 rings (SSSR count). The molecule has 19 heavy (non-hydrogen) atoms. The van der Waals surface area contributed by atoms with E-state index in [-0.39, 0.29) is 24.9 Å². The molecule has 2 atom stereocenters. The smallest absolute Gasteiger partial charge is 0.315 e. The van der Waals surface area contributed by atoms with Crippen molar-refractivity contribution in [3.63, 3.8) is 0 Å². The number of nitrogens with one attached hydrogen (secondary N) is 2. The quantitative estimate of drug-likeness (QED) is 0.508. The number of hydrogen-bond donors (Lipinski definition) is 4. The molecule has 0 heterocycles. The van der Waals surface area contributed by atoms with Gasteiger partial charge in [-0.1, -0.05) is 13.8 Å². The first kappa shape index (κ1) is 17.2. The number of carboxylic acid groups (broad SMARTS) is 1. The van der Waals surface area contributed by atoms with Crippen molar-refractivity contribution in [1.29, 1.82) is 0 Å². The average Bonchev–Trinajstić information content (AvgIpc) is 2.21. The summed E-state index contributed by atoms with van der Waals surface area (Å²) in [4.78, 5) is 33.1. The van der Waals surface area contributed by atoms with Crippen molar-refractivity contribution in [3.05, 3.63) is 0 Å². The zero-order valence-electron chi connectivity index (χ0n) is 11.6. The van der Waals surface area contributed by atoms with Gasteiger partial charge in [-0.05, 0) is 19.3 Å². The monoisotopic (exact) mass is 273 g/mol. The van der Waals surface area contributed by atoms with Gasteiger partial charge in [-0.25, -0.2) is 4.79 Å². The number of aliphatic carboxylic acids is 1. The van der Waals surface area contributed by atoms with Gasteiger partial charge in [0.25, 0.3) is 0 Å². The number of hydrogen-bond acceptors (Lipinski definition) is 3. The Labute approximate surface area is 112 Å². The van der Waals surface area contributed by atoms with Crippen LogP contribution in [0.15, 0.2) is 0 Å². The SMILES string of the molecule is CC(C)CC(CNC(=O)NC(C)CC(N)=O)C(=O)O. The van der Waals surface area contributed by atoms with Crippen molar-refractivity contribution < 1.29 is 19.5 Å². The number of carbonyl (C=O) groups excluding carboxylic acids is 2. The van der Waals surface area contributed by atoms with Crippen molar-refractivity contribution in [1.82, 2.24) is 10.6 Å². The van der Waals surface area contributed by atoms with Gasteiger partial charge in [0, 0.05) is 19.0 Å². The van der Waals surface area contributed by atoms with E-state index in [1.165, 1.54) is 0 Å². The third-order valence-electron chi connectivity index (χ3n) is 2.50. The minimum atomic E-state index is -0.931. The number of carboxylic acids is 1. The summed E-state index contributed by atoms with van der Waals surface area (Å²) in [6.07, 6.45) is 0.536. The van der Waals surface area contributed by atoms with Crippen LogP contribution >= 0.6 is 0 Å². The Morgan fingerprint density at radius 3 is 2.21 bits per heavy atom. The second-order valence-corrected chi connectivity index (χ2v) is 5.09. The van der Waals surface area contributed by atoms with Gasteiger partial charge in [0.15, 0.2) is 0 Å². The summed E-state index contributed by atoms with van der Waals surface area (Å²) in [5.41, 5.74) is 5.00. The van der Waals surface area contributed by atoms with E-state index >= 15 is 0 Å². The lowest BCUT2D eigenvalue weighted by Gasteiger charge is -2.17. The second kappa shape index (κ2) is 8.34. The highest BCUT2D eigenvalue weighted by Crippen LogP contribution is 2.10. The number of amides is 3. The molecule has 7 heteroatoms. The fourth-order valence-corrected chi connectivity index (χ4v) is 1.68. The van der Waals surface area contributed by atoms with Crippen LogP contribution in [-0.4, -0.2) is 35.6 Å². The van der Waals surface area contributed by atoms with Gasteiger partial charge in [-0.2, -0.15) is 0 Å². The van der Waals surface area contributed by atoms with Gasteiger partial charge in [-0.3, -0.25) is 9.59 Å². The van der Waals surface area contributed by atoms with Gasteiger partial charge < -0.3 is 21.5 Å². The zero-order valence-corrected chi connectivity index (χ0v) is 11.6. The fourth-order valence-electron chi connectivity index (χ4n) is 1.68. The van der Waals surface area contributed by atoms with E-state index in [1.807, 2.05) is 13.8 Å². The maximum absolute atomic E-state index is 11.5. The second-order valence-electron chi connectivity index (χ2n) is 5.09. The molecule has 0 radical (unpaired) electrons. The Kier molecular flexibility index (Phi) is 7.55. The normalized spacial score (nSPS) is 13.7. The number of carbonyl (C=O) groups is 3. The molecule has 0 aliphatic heterocycles. The number of urea groups is 1. The summed E-state index contributed by atoms with van der Waals surface area (Å²) in [6.45, 7) is 5.55. The van der Waals surface area contributed by atoms with Crippen LogP contribution in [0.3, 0.4) is 0 Å². The highest BCUT2D eigenvalue weighted by atomic mass is 16.4. The first-order valence-corrected chi connectivity index (χ1v) is 6.27. The summed E-state index contributed by atoms with van der Waals surface area (Å²) >= 11 is 0. The van der Waals surface area contributed by atoms with Crippen LogP contribution in [0, 0.1) is 11.8 Å². The molecule has 110 valence electrons. The maximum Gasteiger partial charge on any atom is 0.315 e. The Morgan fingerprint density at radius 2 is 1.79 bits per heavy atom. The van der Waals surface area contributed by atoms with Gasteiger partial charge in [0.05, 0.1) is 5.92 Å². The zero-order chi connectivity index (χ0) is 15.0. The summed E-state index contributed by atoms with van der Waals surface area (Å²) in [5.74, 6) is -1.81. The van der Waals surface area contributed by atoms with Crippen LogP contribution in [-0.2, 0) is 9.59 Å². The number of rotatable bonds is 8. The third kappa shape index (κ3) is 8.87. The Morgan fingerprint density at radius 1 is 1.21 bits per heavy atom. The molecule has 0 spiro atoms. The molecule has 7 nitrogen and oxygen atoms in total. The molecule has 2 unspecified atom stereocenters. The number of primary amides is 1. The molecule has 0 aromatic heterocycles. The molecule has 0 saturated carbocycles. The molecule has 0 saturated heterocycles. The van der Waals surface area contributed by atoms with E-state index in [9.17, 15) is 14.4 Å². The maximum atomic E-state index is 11.5. The molecule has 0 aliphatic rings. The summed E-state index contributed by atoms with van der Waals surface area (Å²) in [5, 5.41) is 14.0.